The Bertz CT molecular complexity index is 968. The molecular formula is C15H11N3O2S. The Morgan fingerprint density at radius 3 is 2.86 bits per heavy atom. The molecule has 104 valence electrons. The van der Waals surface area contributed by atoms with Gasteiger partial charge < -0.3 is 9.67 Å². The number of allylic oxidation sites excluding steroid dienone is 1. The minimum Gasteiger partial charge on any atom is -0.510 e. The van der Waals surface area contributed by atoms with E-state index in [-0.39, 0.29) is 11.3 Å². The number of aromatic nitrogens is 3. The van der Waals surface area contributed by atoms with Crippen molar-refractivity contribution in [1.82, 2.24) is 14.5 Å². The molecule has 2 aromatic heterocycles. The summed E-state index contributed by atoms with van der Waals surface area (Å²) in [7, 11) is 0. The maximum atomic E-state index is 12.2. The molecule has 0 fully saturated rings. The topological polar surface area (TPSA) is 68.0 Å². The summed E-state index contributed by atoms with van der Waals surface area (Å²) in [6.45, 7) is 2.21. The van der Waals surface area contributed by atoms with Crippen molar-refractivity contribution < 1.29 is 5.11 Å². The second kappa shape index (κ2) is 4.26. The van der Waals surface area contributed by atoms with Crippen LogP contribution in [0.4, 0.5) is 0 Å². The lowest BCUT2D eigenvalue weighted by Crippen LogP contribution is -2.15. The third-order valence-corrected chi connectivity index (χ3v) is 4.52. The van der Waals surface area contributed by atoms with Gasteiger partial charge in [0.05, 0.1) is 23.0 Å². The maximum Gasteiger partial charge on any atom is 0.281 e. The highest BCUT2D eigenvalue weighted by atomic mass is 32.1. The SMILES string of the molecule is Cc1csc(C2=C(O)Cn3c2nc(=O)c2ccccc23)n1. The van der Waals surface area contributed by atoms with Crippen LogP contribution >= 0.6 is 11.3 Å². The summed E-state index contributed by atoms with van der Waals surface area (Å²) in [4.78, 5) is 20.7. The van der Waals surface area contributed by atoms with Gasteiger partial charge in [0.25, 0.3) is 5.56 Å². The number of nitrogens with zero attached hydrogens (tertiary/aromatic N) is 3. The van der Waals surface area contributed by atoms with Crippen LogP contribution in [0.3, 0.4) is 0 Å². The molecular weight excluding hydrogens is 286 g/mol. The molecule has 0 bridgehead atoms. The number of benzene rings is 1. The van der Waals surface area contributed by atoms with E-state index in [4.69, 9.17) is 0 Å². The van der Waals surface area contributed by atoms with E-state index in [0.29, 0.717) is 28.3 Å². The number of para-hydroxylation sites is 1. The molecule has 0 saturated heterocycles. The zero-order valence-corrected chi connectivity index (χ0v) is 12.0. The summed E-state index contributed by atoms with van der Waals surface area (Å²) in [6.07, 6.45) is 0. The van der Waals surface area contributed by atoms with E-state index >= 15 is 0 Å². The van der Waals surface area contributed by atoms with E-state index in [2.05, 4.69) is 9.97 Å². The predicted molar refractivity (Wildman–Crippen MR) is 81.5 cm³/mol. The highest BCUT2D eigenvalue weighted by Crippen LogP contribution is 2.33. The third-order valence-electron chi connectivity index (χ3n) is 3.54. The lowest BCUT2D eigenvalue weighted by atomic mass is 10.2. The van der Waals surface area contributed by atoms with Gasteiger partial charge in [0, 0.05) is 11.1 Å². The first-order valence-corrected chi connectivity index (χ1v) is 7.37. The van der Waals surface area contributed by atoms with Gasteiger partial charge in [0.1, 0.15) is 10.8 Å². The van der Waals surface area contributed by atoms with Crippen LogP contribution in [0.5, 0.6) is 0 Å². The van der Waals surface area contributed by atoms with Crippen LogP contribution in [-0.2, 0) is 6.54 Å². The van der Waals surface area contributed by atoms with Crippen LogP contribution in [0.2, 0.25) is 0 Å². The zero-order chi connectivity index (χ0) is 14.6. The molecule has 0 aliphatic carbocycles. The van der Waals surface area contributed by atoms with E-state index in [0.717, 1.165) is 11.2 Å². The van der Waals surface area contributed by atoms with Crippen LogP contribution in [0, 0.1) is 6.92 Å². The highest BCUT2D eigenvalue weighted by molar-refractivity contribution is 7.10. The van der Waals surface area contributed by atoms with E-state index in [1.165, 1.54) is 11.3 Å². The Labute approximate surface area is 123 Å². The highest BCUT2D eigenvalue weighted by Gasteiger charge is 2.27. The Morgan fingerprint density at radius 1 is 1.29 bits per heavy atom. The minimum absolute atomic E-state index is 0.201. The monoisotopic (exact) mass is 297 g/mol. The Hall–Kier alpha value is -2.47. The van der Waals surface area contributed by atoms with Gasteiger partial charge in [0.2, 0.25) is 0 Å². The first-order chi connectivity index (χ1) is 10.1. The number of aliphatic hydroxyl groups excluding tert-OH is 1. The van der Waals surface area contributed by atoms with Crippen molar-refractivity contribution >= 4 is 27.8 Å². The fourth-order valence-electron chi connectivity index (χ4n) is 2.62. The molecule has 0 radical (unpaired) electrons. The largest absolute Gasteiger partial charge is 0.510 e. The van der Waals surface area contributed by atoms with Crippen molar-refractivity contribution in [2.45, 2.75) is 13.5 Å². The number of aryl methyl sites for hydroxylation is 1. The van der Waals surface area contributed by atoms with Gasteiger partial charge in [-0.05, 0) is 19.1 Å². The lowest BCUT2D eigenvalue weighted by molar-refractivity contribution is 0.389. The summed E-state index contributed by atoms with van der Waals surface area (Å²) in [5, 5.41) is 13.5. The second-order valence-corrected chi connectivity index (χ2v) is 5.82. The van der Waals surface area contributed by atoms with Gasteiger partial charge in [-0.15, -0.1) is 11.3 Å². The van der Waals surface area contributed by atoms with Crippen molar-refractivity contribution in [3.05, 3.63) is 62.3 Å². The smallest absolute Gasteiger partial charge is 0.281 e. The molecule has 0 saturated carbocycles. The van der Waals surface area contributed by atoms with Gasteiger partial charge in [-0.2, -0.15) is 4.98 Å². The molecule has 1 N–H and O–H groups in total. The van der Waals surface area contributed by atoms with Crippen molar-refractivity contribution in [1.29, 1.82) is 0 Å². The number of aliphatic hydroxyl groups is 1. The number of hydrogen-bond acceptors (Lipinski definition) is 5. The molecule has 4 rings (SSSR count). The average molecular weight is 297 g/mol. The van der Waals surface area contributed by atoms with Crippen molar-refractivity contribution in [2.75, 3.05) is 0 Å². The van der Waals surface area contributed by atoms with Gasteiger partial charge >= 0.3 is 0 Å². The first-order valence-electron chi connectivity index (χ1n) is 6.50. The first kappa shape index (κ1) is 12.3. The predicted octanol–water partition coefficient (Wildman–Crippen LogP) is 2.49. The van der Waals surface area contributed by atoms with Crippen LogP contribution in [-0.4, -0.2) is 19.6 Å². The summed E-state index contributed by atoms with van der Waals surface area (Å²) >= 11 is 1.44. The standard InChI is InChI=1S/C15H11N3O2S/c1-8-7-21-15(16-8)12-11(19)6-18-10-5-3-2-4-9(10)14(20)17-13(12)18/h2-5,7,19H,6H2,1H3. The van der Waals surface area contributed by atoms with Crippen LogP contribution in [0.25, 0.3) is 16.5 Å². The molecule has 0 amide bonds. The van der Waals surface area contributed by atoms with E-state index < -0.39 is 0 Å². The molecule has 5 nitrogen and oxygen atoms in total. The van der Waals surface area contributed by atoms with Crippen LogP contribution < -0.4 is 5.56 Å². The molecule has 1 aliphatic heterocycles. The second-order valence-electron chi connectivity index (χ2n) is 4.96. The van der Waals surface area contributed by atoms with E-state index in [1.54, 1.807) is 6.07 Å². The van der Waals surface area contributed by atoms with Crippen molar-refractivity contribution in [3.8, 4) is 0 Å². The number of hydrogen-bond donors (Lipinski definition) is 1. The van der Waals surface area contributed by atoms with Crippen LogP contribution in [0.1, 0.15) is 16.5 Å². The van der Waals surface area contributed by atoms with E-state index in [1.807, 2.05) is 35.1 Å². The molecule has 0 unspecified atom stereocenters. The fraction of sp³-hybridized carbons (Fsp3) is 0.133. The molecule has 3 heterocycles. The Balaban J connectivity index is 2.04. The number of thiazole rings is 1. The molecule has 1 aliphatic rings. The normalized spacial score (nSPS) is 14.0. The van der Waals surface area contributed by atoms with Crippen LogP contribution in [0.15, 0.2) is 40.2 Å². The third kappa shape index (κ3) is 1.72. The molecule has 0 spiro atoms. The fourth-order valence-corrected chi connectivity index (χ4v) is 3.48. The van der Waals surface area contributed by atoms with Gasteiger partial charge in [0.15, 0.2) is 5.82 Å². The zero-order valence-electron chi connectivity index (χ0n) is 11.2. The van der Waals surface area contributed by atoms with Crippen molar-refractivity contribution in [3.63, 3.8) is 0 Å². The molecule has 3 aromatic rings. The lowest BCUT2D eigenvalue weighted by Gasteiger charge is -2.08. The van der Waals surface area contributed by atoms with Gasteiger partial charge in [-0.3, -0.25) is 4.79 Å². The summed E-state index contributed by atoms with van der Waals surface area (Å²) in [5.41, 5.74) is 1.95. The Morgan fingerprint density at radius 2 is 2.10 bits per heavy atom. The maximum absolute atomic E-state index is 12.2. The summed E-state index contributed by atoms with van der Waals surface area (Å²) < 4.78 is 1.86. The minimum atomic E-state index is -0.280. The quantitative estimate of drug-likeness (QED) is 0.749. The number of rotatable bonds is 1. The molecule has 6 heteroatoms. The number of fused-ring (bicyclic) bond motifs is 3. The summed E-state index contributed by atoms with van der Waals surface area (Å²) in [6, 6.07) is 7.30. The molecule has 21 heavy (non-hydrogen) atoms. The molecule has 1 aromatic carbocycles. The van der Waals surface area contributed by atoms with Crippen molar-refractivity contribution in [2.24, 2.45) is 0 Å². The van der Waals surface area contributed by atoms with E-state index in [9.17, 15) is 9.90 Å². The van der Waals surface area contributed by atoms with Gasteiger partial charge in [-0.1, -0.05) is 12.1 Å². The average Bonchev–Trinajstić information content (AvgIpc) is 3.02. The molecule has 0 atom stereocenters. The summed E-state index contributed by atoms with van der Waals surface area (Å²) in [5.74, 6) is 0.693. The van der Waals surface area contributed by atoms with Gasteiger partial charge in [-0.25, -0.2) is 4.98 Å². The Kier molecular flexibility index (Phi) is 2.49.